The predicted molar refractivity (Wildman–Crippen MR) is 85.7 cm³/mol. The molecule has 0 aliphatic heterocycles. The average Bonchev–Trinajstić information content (AvgIpc) is 2.38. The van der Waals surface area contributed by atoms with Gasteiger partial charge in [-0.1, -0.05) is 6.92 Å². The number of nitrogens with two attached hydrogens (primary N) is 1. The predicted octanol–water partition coefficient (Wildman–Crippen LogP) is 1.90. The van der Waals surface area contributed by atoms with Crippen molar-refractivity contribution in [2.45, 2.75) is 39.2 Å². The first-order valence-corrected chi connectivity index (χ1v) is 8.63. The molecule has 21 heavy (non-hydrogen) atoms. The number of carbonyl (C=O) groups is 1. The molecule has 7 heteroatoms. The normalized spacial score (nSPS) is 12.7. The van der Waals surface area contributed by atoms with Gasteiger partial charge in [0.25, 0.3) is 0 Å². The summed E-state index contributed by atoms with van der Waals surface area (Å²) in [5, 5.41) is 2.74. The molecule has 1 rings (SSSR count). The molecule has 0 saturated carbocycles. The van der Waals surface area contributed by atoms with Crippen LogP contribution < -0.4 is 15.8 Å². The molecule has 1 unspecified atom stereocenters. The van der Waals surface area contributed by atoms with Gasteiger partial charge in [-0.25, -0.2) is 8.42 Å². The maximum absolute atomic E-state index is 11.6. The van der Waals surface area contributed by atoms with Crippen LogP contribution in [0.3, 0.4) is 0 Å². The van der Waals surface area contributed by atoms with Crippen molar-refractivity contribution in [2.24, 2.45) is 5.73 Å². The summed E-state index contributed by atoms with van der Waals surface area (Å²) in [6.07, 6.45) is 1.55. The molecule has 0 fully saturated rings. The zero-order valence-corrected chi connectivity index (χ0v) is 13.2. The van der Waals surface area contributed by atoms with Crippen LogP contribution in [0.5, 0.6) is 0 Å². The zero-order chi connectivity index (χ0) is 15.9. The van der Waals surface area contributed by atoms with E-state index < -0.39 is 10.0 Å². The third-order valence-corrected chi connectivity index (χ3v) is 4.23. The van der Waals surface area contributed by atoms with E-state index in [0.29, 0.717) is 30.6 Å². The van der Waals surface area contributed by atoms with Gasteiger partial charge in [-0.2, -0.15) is 0 Å². The van der Waals surface area contributed by atoms with Crippen molar-refractivity contribution in [3.05, 3.63) is 24.3 Å². The van der Waals surface area contributed by atoms with Gasteiger partial charge in [0.1, 0.15) is 0 Å². The number of anilines is 2. The van der Waals surface area contributed by atoms with Gasteiger partial charge >= 0.3 is 0 Å². The Labute approximate surface area is 126 Å². The summed E-state index contributed by atoms with van der Waals surface area (Å²) in [6.45, 7) is 3.66. The van der Waals surface area contributed by atoms with E-state index in [1.807, 2.05) is 6.92 Å². The van der Waals surface area contributed by atoms with Crippen molar-refractivity contribution in [3.63, 3.8) is 0 Å². The molecule has 0 radical (unpaired) electrons. The standard InChI is InChI=1S/C14H23N3O3S/c1-3-10-21(19,20)17-13-7-5-12(6-8-13)16-14(18)9-4-11(2)15/h5-8,11,17H,3-4,9-10,15H2,1-2H3,(H,16,18). The fourth-order valence-electron chi connectivity index (χ4n) is 1.70. The lowest BCUT2D eigenvalue weighted by Crippen LogP contribution is -2.19. The van der Waals surface area contributed by atoms with Gasteiger partial charge in [-0.05, 0) is 44.0 Å². The minimum Gasteiger partial charge on any atom is -0.328 e. The molecule has 0 saturated heterocycles. The molecule has 0 aliphatic carbocycles. The average molecular weight is 313 g/mol. The molecule has 1 atom stereocenters. The van der Waals surface area contributed by atoms with Gasteiger partial charge < -0.3 is 11.1 Å². The Morgan fingerprint density at radius 1 is 1.24 bits per heavy atom. The Hall–Kier alpha value is -1.60. The van der Waals surface area contributed by atoms with Crippen LogP contribution in [0.15, 0.2) is 24.3 Å². The minimum absolute atomic E-state index is 0.00824. The lowest BCUT2D eigenvalue weighted by molar-refractivity contribution is -0.116. The van der Waals surface area contributed by atoms with Crippen LogP contribution in [-0.4, -0.2) is 26.1 Å². The Kier molecular flexibility index (Phi) is 6.64. The number of hydrogen-bond donors (Lipinski definition) is 3. The van der Waals surface area contributed by atoms with E-state index in [4.69, 9.17) is 5.73 Å². The van der Waals surface area contributed by atoms with Crippen molar-refractivity contribution in [2.75, 3.05) is 15.8 Å². The van der Waals surface area contributed by atoms with Gasteiger partial charge in [0.05, 0.1) is 5.75 Å². The highest BCUT2D eigenvalue weighted by atomic mass is 32.2. The largest absolute Gasteiger partial charge is 0.328 e. The summed E-state index contributed by atoms with van der Waals surface area (Å²) in [7, 11) is -3.29. The van der Waals surface area contributed by atoms with Crippen LogP contribution in [0.2, 0.25) is 0 Å². The number of nitrogens with one attached hydrogen (secondary N) is 2. The Balaban J connectivity index is 2.56. The van der Waals surface area contributed by atoms with E-state index in [-0.39, 0.29) is 17.7 Å². The Morgan fingerprint density at radius 3 is 2.33 bits per heavy atom. The minimum atomic E-state index is -3.29. The van der Waals surface area contributed by atoms with Crippen molar-refractivity contribution in [1.82, 2.24) is 0 Å². The summed E-state index contributed by atoms with van der Waals surface area (Å²) in [6, 6.07) is 6.55. The SMILES string of the molecule is CCCS(=O)(=O)Nc1ccc(NC(=O)CCC(C)N)cc1. The lowest BCUT2D eigenvalue weighted by Gasteiger charge is -2.09. The van der Waals surface area contributed by atoms with Gasteiger partial charge in [0.2, 0.25) is 15.9 Å². The van der Waals surface area contributed by atoms with Crippen LogP contribution >= 0.6 is 0 Å². The summed E-state index contributed by atoms with van der Waals surface area (Å²) in [5.74, 6) is -0.0189. The van der Waals surface area contributed by atoms with Crippen molar-refractivity contribution < 1.29 is 13.2 Å². The summed E-state index contributed by atoms with van der Waals surface area (Å²) in [4.78, 5) is 11.6. The first-order valence-electron chi connectivity index (χ1n) is 6.98. The van der Waals surface area contributed by atoms with Crippen LogP contribution in [-0.2, 0) is 14.8 Å². The van der Waals surface area contributed by atoms with E-state index in [9.17, 15) is 13.2 Å². The highest BCUT2D eigenvalue weighted by molar-refractivity contribution is 7.92. The maximum atomic E-state index is 11.6. The van der Waals surface area contributed by atoms with Crippen LogP contribution in [0, 0.1) is 0 Å². The number of rotatable bonds is 8. The van der Waals surface area contributed by atoms with Crippen molar-refractivity contribution in [1.29, 1.82) is 0 Å². The third-order valence-electron chi connectivity index (χ3n) is 2.74. The van der Waals surface area contributed by atoms with E-state index >= 15 is 0 Å². The van der Waals surface area contributed by atoms with Gasteiger partial charge in [0, 0.05) is 23.8 Å². The number of sulfonamides is 1. The first kappa shape index (κ1) is 17.5. The fourth-order valence-corrected chi connectivity index (χ4v) is 2.84. The number of carbonyl (C=O) groups excluding carboxylic acids is 1. The molecule has 118 valence electrons. The molecule has 4 N–H and O–H groups in total. The molecule has 0 spiro atoms. The maximum Gasteiger partial charge on any atom is 0.232 e. The summed E-state index contributed by atoms with van der Waals surface area (Å²) in [5.41, 5.74) is 6.70. The smallest absolute Gasteiger partial charge is 0.232 e. The van der Waals surface area contributed by atoms with Crippen molar-refractivity contribution in [3.8, 4) is 0 Å². The van der Waals surface area contributed by atoms with Gasteiger partial charge in [-0.15, -0.1) is 0 Å². The van der Waals surface area contributed by atoms with Crippen LogP contribution in [0.25, 0.3) is 0 Å². The molecule has 0 aliphatic rings. The Morgan fingerprint density at radius 2 is 1.81 bits per heavy atom. The molecule has 0 heterocycles. The molecule has 0 aromatic heterocycles. The van der Waals surface area contributed by atoms with Gasteiger partial charge in [0.15, 0.2) is 0 Å². The highest BCUT2D eigenvalue weighted by Crippen LogP contribution is 2.15. The number of hydrogen-bond acceptors (Lipinski definition) is 4. The quantitative estimate of drug-likeness (QED) is 0.682. The lowest BCUT2D eigenvalue weighted by atomic mass is 10.2. The summed E-state index contributed by atoms with van der Waals surface area (Å²) >= 11 is 0. The summed E-state index contributed by atoms with van der Waals surface area (Å²) < 4.78 is 25.7. The topological polar surface area (TPSA) is 101 Å². The zero-order valence-electron chi connectivity index (χ0n) is 12.4. The van der Waals surface area contributed by atoms with Gasteiger partial charge in [-0.3, -0.25) is 9.52 Å². The monoisotopic (exact) mass is 313 g/mol. The Bertz CT molecular complexity index is 553. The first-order chi connectivity index (χ1) is 9.82. The van der Waals surface area contributed by atoms with E-state index in [1.165, 1.54) is 0 Å². The molecular formula is C14H23N3O3S. The molecule has 1 amide bonds. The van der Waals surface area contributed by atoms with E-state index in [2.05, 4.69) is 10.0 Å². The fraction of sp³-hybridized carbons (Fsp3) is 0.500. The second-order valence-electron chi connectivity index (χ2n) is 5.06. The highest BCUT2D eigenvalue weighted by Gasteiger charge is 2.09. The molecule has 6 nitrogen and oxygen atoms in total. The second kappa shape index (κ2) is 7.99. The van der Waals surface area contributed by atoms with Crippen LogP contribution in [0.1, 0.15) is 33.1 Å². The second-order valence-corrected chi connectivity index (χ2v) is 6.90. The van der Waals surface area contributed by atoms with E-state index in [0.717, 1.165) is 0 Å². The van der Waals surface area contributed by atoms with E-state index in [1.54, 1.807) is 31.2 Å². The third kappa shape index (κ3) is 7.10. The number of amides is 1. The molecule has 1 aromatic rings. The molecule has 1 aromatic carbocycles. The van der Waals surface area contributed by atoms with Crippen molar-refractivity contribution >= 4 is 27.3 Å². The number of benzene rings is 1. The molecule has 0 bridgehead atoms. The molecular weight excluding hydrogens is 290 g/mol. The van der Waals surface area contributed by atoms with Crippen LogP contribution in [0.4, 0.5) is 11.4 Å².